The Morgan fingerprint density at radius 2 is 1.81 bits per heavy atom. The van der Waals surface area contributed by atoms with Crippen molar-refractivity contribution in [3.8, 4) is 11.3 Å². The lowest BCUT2D eigenvalue weighted by Crippen LogP contribution is -2.35. The lowest BCUT2D eigenvalue weighted by Gasteiger charge is -2.15. The molecule has 0 radical (unpaired) electrons. The molecule has 0 saturated carbocycles. The minimum absolute atomic E-state index is 0.0520. The number of sulfonamides is 1. The second kappa shape index (κ2) is 9.10. The summed E-state index contributed by atoms with van der Waals surface area (Å²) >= 11 is 1.18. The third-order valence-electron chi connectivity index (χ3n) is 5.66. The molecule has 2 N–H and O–H groups in total. The van der Waals surface area contributed by atoms with E-state index in [0.717, 1.165) is 11.1 Å². The molecule has 9 nitrogen and oxygen atoms in total. The van der Waals surface area contributed by atoms with Crippen molar-refractivity contribution in [2.75, 3.05) is 9.73 Å². The van der Waals surface area contributed by atoms with Crippen molar-refractivity contribution in [3.63, 3.8) is 0 Å². The van der Waals surface area contributed by atoms with Crippen molar-refractivity contribution in [2.45, 2.75) is 18.7 Å². The van der Waals surface area contributed by atoms with Crippen molar-refractivity contribution in [2.24, 2.45) is 0 Å². The van der Waals surface area contributed by atoms with Gasteiger partial charge in [0.1, 0.15) is 17.1 Å². The Morgan fingerprint density at radius 1 is 1.03 bits per heavy atom. The Bertz CT molecular complexity index is 1600. The highest BCUT2D eigenvalue weighted by Crippen LogP contribution is 2.28. The highest BCUT2D eigenvalue weighted by Gasteiger charge is 2.35. The molecule has 182 valence electrons. The number of nitrogens with one attached hydrogen (secondary N) is 2. The summed E-state index contributed by atoms with van der Waals surface area (Å²) in [6.45, 7) is 3.90. The first-order chi connectivity index (χ1) is 17.2. The maximum atomic E-state index is 12.9. The zero-order valence-electron chi connectivity index (χ0n) is 19.2. The minimum atomic E-state index is -3.77. The van der Waals surface area contributed by atoms with Crippen LogP contribution in [-0.4, -0.2) is 25.2 Å². The normalized spacial score (nSPS) is 14.9. The molecule has 2 amide bonds. The van der Waals surface area contributed by atoms with Crippen LogP contribution in [0.2, 0.25) is 0 Å². The van der Waals surface area contributed by atoms with Gasteiger partial charge in [-0.2, -0.15) is 0 Å². The topological polar surface area (TPSA) is 122 Å². The summed E-state index contributed by atoms with van der Waals surface area (Å²) in [5, 5.41) is 3.17. The Kier molecular flexibility index (Phi) is 5.94. The number of aromatic nitrogens is 1. The molecule has 2 aromatic carbocycles. The van der Waals surface area contributed by atoms with E-state index >= 15 is 0 Å². The van der Waals surface area contributed by atoms with Gasteiger partial charge in [0.05, 0.1) is 10.6 Å². The molecule has 36 heavy (non-hydrogen) atoms. The number of anilines is 2. The van der Waals surface area contributed by atoms with Gasteiger partial charge in [-0.15, -0.1) is 11.3 Å². The van der Waals surface area contributed by atoms with Crippen LogP contribution < -0.4 is 15.2 Å². The van der Waals surface area contributed by atoms with E-state index in [2.05, 4.69) is 15.1 Å². The molecule has 0 spiro atoms. The van der Waals surface area contributed by atoms with E-state index in [1.807, 2.05) is 26.0 Å². The van der Waals surface area contributed by atoms with Crippen LogP contribution in [0, 0.1) is 13.8 Å². The first-order valence-electron chi connectivity index (χ1n) is 10.8. The van der Waals surface area contributed by atoms with E-state index in [1.54, 1.807) is 35.7 Å². The van der Waals surface area contributed by atoms with E-state index in [-0.39, 0.29) is 15.6 Å². The molecular weight excluding hydrogens is 500 g/mol. The Hall–Kier alpha value is -4.22. The minimum Gasteiger partial charge on any atom is -0.457 e. The molecule has 5 rings (SSSR count). The molecule has 1 aliphatic rings. The number of carbonyl (C=O) groups excluding carboxylic acids is 2. The predicted molar refractivity (Wildman–Crippen MR) is 137 cm³/mol. The number of aryl methyl sites for hydroxylation is 2. The summed E-state index contributed by atoms with van der Waals surface area (Å²) in [5.41, 5.74) is 5.81. The highest BCUT2D eigenvalue weighted by molar-refractivity contribution is 7.93. The average Bonchev–Trinajstić information content (AvgIpc) is 3.59. The van der Waals surface area contributed by atoms with Crippen molar-refractivity contribution in [3.05, 3.63) is 88.6 Å². The van der Waals surface area contributed by atoms with Crippen molar-refractivity contribution < 1.29 is 22.4 Å². The molecule has 1 fully saturated rings. The van der Waals surface area contributed by atoms with Crippen LogP contribution in [0.1, 0.15) is 16.9 Å². The largest absolute Gasteiger partial charge is 0.457 e. The fourth-order valence-corrected chi connectivity index (χ4v) is 5.37. The Labute approximate surface area is 211 Å². The van der Waals surface area contributed by atoms with E-state index in [1.165, 1.54) is 40.8 Å². The summed E-state index contributed by atoms with van der Waals surface area (Å²) in [6, 6.07) is 14.9. The van der Waals surface area contributed by atoms with Crippen LogP contribution in [0.5, 0.6) is 0 Å². The fourth-order valence-electron chi connectivity index (χ4n) is 3.58. The van der Waals surface area contributed by atoms with Gasteiger partial charge in [0.2, 0.25) is 0 Å². The number of thiazole rings is 1. The summed E-state index contributed by atoms with van der Waals surface area (Å²) < 4.78 is 33.3. The number of rotatable bonds is 6. The number of benzene rings is 2. The molecule has 0 unspecified atom stereocenters. The van der Waals surface area contributed by atoms with Crippen LogP contribution in [0.25, 0.3) is 17.4 Å². The van der Waals surface area contributed by atoms with Gasteiger partial charge in [-0.25, -0.2) is 18.4 Å². The van der Waals surface area contributed by atoms with Gasteiger partial charge in [0, 0.05) is 17.1 Å². The van der Waals surface area contributed by atoms with Gasteiger partial charge in [0.25, 0.3) is 21.8 Å². The number of nitrogens with zero attached hydrogens (tertiary/aromatic N) is 2. The fraction of sp³-hybridized carbons (Fsp3) is 0.0800. The number of carbonyl (C=O) groups is 2. The standard InChI is InChI=1S/C25H20N4O5S2/c1-15-3-6-18(13-16(15)2)29-24(31)21(23(30)27-29)14-19-7-10-22(34-19)17-4-8-20(9-5-17)36(32,33)28-25-26-11-12-35-25/h3-14H,1-2H3,(H,26,28)(H,27,30)/b21-14+. The van der Waals surface area contributed by atoms with Crippen LogP contribution in [0.3, 0.4) is 0 Å². The molecule has 11 heteroatoms. The zero-order valence-corrected chi connectivity index (χ0v) is 20.8. The van der Waals surface area contributed by atoms with Crippen molar-refractivity contribution >= 4 is 50.1 Å². The SMILES string of the molecule is Cc1ccc(N2NC(=O)/C(=C\c3ccc(-c4ccc(S(=O)(=O)Nc5nccs5)cc4)o3)C2=O)cc1C. The molecule has 0 atom stereocenters. The van der Waals surface area contributed by atoms with Gasteiger partial charge in [0.15, 0.2) is 5.13 Å². The predicted octanol–water partition coefficient (Wildman–Crippen LogP) is 4.28. The lowest BCUT2D eigenvalue weighted by atomic mass is 10.1. The van der Waals surface area contributed by atoms with E-state index in [0.29, 0.717) is 22.8 Å². The monoisotopic (exact) mass is 520 g/mol. The van der Waals surface area contributed by atoms with Gasteiger partial charge in [-0.3, -0.25) is 19.7 Å². The number of amides is 2. The van der Waals surface area contributed by atoms with Gasteiger partial charge >= 0.3 is 0 Å². The van der Waals surface area contributed by atoms with Crippen LogP contribution in [0.15, 0.2) is 81.1 Å². The summed E-state index contributed by atoms with van der Waals surface area (Å²) in [7, 11) is -3.77. The van der Waals surface area contributed by atoms with Crippen molar-refractivity contribution in [1.29, 1.82) is 0 Å². The zero-order chi connectivity index (χ0) is 25.4. The maximum absolute atomic E-state index is 12.9. The second-order valence-electron chi connectivity index (χ2n) is 8.08. The molecule has 0 aliphatic carbocycles. The molecule has 3 heterocycles. The third kappa shape index (κ3) is 4.53. The first kappa shape index (κ1) is 23.5. The van der Waals surface area contributed by atoms with Crippen LogP contribution in [0.4, 0.5) is 10.8 Å². The average molecular weight is 521 g/mol. The van der Waals surface area contributed by atoms with Gasteiger partial charge < -0.3 is 4.42 Å². The number of hydrazine groups is 1. The number of hydrogen-bond donors (Lipinski definition) is 2. The highest BCUT2D eigenvalue weighted by atomic mass is 32.2. The Morgan fingerprint density at radius 3 is 2.50 bits per heavy atom. The molecule has 1 aliphatic heterocycles. The molecule has 4 aromatic rings. The number of furan rings is 1. The van der Waals surface area contributed by atoms with Gasteiger partial charge in [-0.1, -0.05) is 6.07 Å². The van der Waals surface area contributed by atoms with Crippen molar-refractivity contribution in [1.82, 2.24) is 10.4 Å². The maximum Gasteiger partial charge on any atom is 0.282 e. The molecule has 1 saturated heterocycles. The third-order valence-corrected chi connectivity index (χ3v) is 7.83. The molecule has 2 aromatic heterocycles. The Balaban J connectivity index is 1.34. The van der Waals surface area contributed by atoms with Crippen LogP contribution >= 0.6 is 11.3 Å². The number of hydrogen-bond acceptors (Lipinski definition) is 7. The summed E-state index contributed by atoms with van der Waals surface area (Å²) in [5.74, 6) is -0.245. The van der Waals surface area contributed by atoms with Gasteiger partial charge in [-0.05, 0) is 79.6 Å². The van der Waals surface area contributed by atoms with E-state index in [9.17, 15) is 18.0 Å². The van der Waals surface area contributed by atoms with E-state index in [4.69, 9.17) is 4.42 Å². The second-order valence-corrected chi connectivity index (χ2v) is 10.7. The quantitative estimate of drug-likeness (QED) is 0.289. The van der Waals surface area contributed by atoms with Crippen LogP contribution in [-0.2, 0) is 19.6 Å². The summed E-state index contributed by atoms with van der Waals surface area (Å²) in [4.78, 5) is 29.4. The molecular formula is C25H20N4O5S2. The lowest BCUT2D eigenvalue weighted by molar-refractivity contribution is -0.117. The molecule has 0 bridgehead atoms. The van der Waals surface area contributed by atoms with E-state index < -0.39 is 21.8 Å². The smallest absolute Gasteiger partial charge is 0.282 e. The first-order valence-corrected chi connectivity index (χ1v) is 13.1. The summed E-state index contributed by atoms with van der Waals surface area (Å²) in [6.07, 6.45) is 2.90.